The van der Waals surface area contributed by atoms with Crippen LogP contribution in [-0.2, 0) is 6.54 Å². The Hall–Kier alpha value is -1.80. The average Bonchev–Trinajstić information content (AvgIpc) is 2.65. The normalized spacial score (nSPS) is 10.7. The lowest BCUT2D eigenvalue weighted by Crippen LogP contribution is -2.22. The third-order valence-corrected chi connectivity index (χ3v) is 5.10. The van der Waals surface area contributed by atoms with Gasteiger partial charge in [-0.1, -0.05) is 26.0 Å². The van der Waals surface area contributed by atoms with E-state index in [2.05, 4.69) is 52.7 Å². The van der Waals surface area contributed by atoms with Crippen LogP contribution in [0.1, 0.15) is 29.8 Å². The Morgan fingerprint density at radius 1 is 1.08 bits per heavy atom. The zero-order chi connectivity index (χ0) is 19.1. The van der Waals surface area contributed by atoms with Gasteiger partial charge in [0.25, 0.3) is 5.91 Å². The summed E-state index contributed by atoms with van der Waals surface area (Å²) in [7, 11) is 3.14. The third-order valence-electron chi connectivity index (χ3n) is 4.20. The van der Waals surface area contributed by atoms with Gasteiger partial charge >= 0.3 is 0 Å². The predicted molar refractivity (Wildman–Crippen MR) is 113 cm³/mol. The number of carbonyl (C=O) groups excluding carboxylic acids is 1. The summed E-state index contributed by atoms with van der Waals surface area (Å²) in [6.07, 6.45) is 0. The van der Waals surface area contributed by atoms with Gasteiger partial charge in [-0.15, -0.1) is 0 Å². The van der Waals surface area contributed by atoms with Gasteiger partial charge < -0.3 is 14.8 Å². The maximum Gasteiger partial charge on any atom is 0.256 e. The zero-order valence-electron chi connectivity index (χ0n) is 15.6. The third kappa shape index (κ3) is 5.11. The molecule has 0 heterocycles. The lowest BCUT2D eigenvalue weighted by atomic mass is 10.1. The first-order valence-electron chi connectivity index (χ1n) is 8.56. The molecule has 26 heavy (non-hydrogen) atoms. The van der Waals surface area contributed by atoms with Crippen molar-refractivity contribution in [2.75, 3.05) is 32.6 Å². The molecule has 140 valence electrons. The Balaban J connectivity index is 2.20. The van der Waals surface area contributed by atoms with Crippen LogP contribution in [-0.4, -0.2) is 38.1 Å². The van der Waals surface area contributed by atoms with E-state index < -0.39 is 0 Å². The fourth-order valence-corrected chi connectivity index (χ4v) is 3.36. The second-order valence-corrected chi connectivity index (χ2v) is 6.97. The van der Waals surface area contributed by atoms with Gasteiger partial charge in [-0.25, -0.2) is 0 Å². The van der Waals surface area contributed by atoms with E-state index in [1.54, 1.807) is 26.4 Å². The van der Waals surface area contributed by atoms with Crippen molar-refractivity contribution in [1.29, 1.82) is 0 Å². The molecule has 2 rings (SSSR count). The van der Waals surface area contributed by atoms with Crippen LogP contribution in [0.25, 0.3) is 0 Å². The number of methoxy groups -OCH3 is 2. The quantitative estimate of drug-likeness (QED) is 0.584. The number of nitrogens with zero attached hydrogens (tertiary/aromatic N) is 1. The summed E-state index contributed by atoms with van der Waals surface area (Å²) < 4.78 is 11.4. The molecule has 0 atom stereocenters. The molecule has 0 spiro atoms. The number of hydrogen-bond donors (Lipinski definition) is 1. The van der Waals surface area contributed by atoms with Gasteiger partial charge in [0.05, 0.1) is 19.8 Å². The summed E-state index contributed by atoms with van der Waals surface area (Å²) in [5, 5.41) is 2.98. The van der Waals surface area contributed by atoms with Crippen LogP contribution >= 0.6 is 22.6 Å². The Labute approximate surface area is 168 Å². The number of halogens is 1. The molecule has 0 aliphatic heterocycles. The first-order valence-corrected chi connectivity index (χ1v) is 9.64. The molecule has 2 aromatic carbocycles. The number of benzene rings is 2. The molecular weight excluding hydrogens is 443 g/mol. The van der Waals surface area contributed by atoms with Crippen LogP contribution in [0.5, 0.6) is 11.5 Å². The van der Waals surface area contributed by atoms with Crippen LogP contribution in [0.15, 0.2) is 36.4 Å². The van der Waals surface area contributed by atoms with E-state index in [1.807, 2.05) is 18.2 Å². The minimum absolute atomic E-state index is 0.171. The minimum Gasteiger partial charge on any atom is -0.493 e. The van der Waals surface area contributed by atoms with Crippen molar-refractivity contribution >= 4 is 34.2 Å². The molecule has 0 saturated carbocycles. The van der Waals surface area contributed by atoms with Gasteiger partial charge in [0.1, 0.15) is 0 Å². The van der Waals surface area contributed by atoms with Gasteiger partial charge in [0.15, 0.2) is 11.5 Å². The number of ether oxygens (including phenoxy) is 2. The van der Waals surface area contributed by atoms with E-state index in [9.17, 15) is 4.79 Å². The van der Waals surface area contributed by atoms with E-state index in [-0.39, 0.29) is 5.91 Å². The van der Waals surface area contributed by atoms with Crippen LogP contribution in [0.3, 0.4) is 0 Å². The first kappa shape index (κ1) is 20.5. The molecule has 5 nitrogen and oxygen atoms in total. The molecule has 2 aromatic rings. The van der Waals surface area contributed by atoms with Crippen molar-refractivity contribution in [3.8, 4) is 11.5 Å². The molecule has 0 saturated heterocycles. The smallest absolute Gasteiger partial charge is 0.256 e. The lowest BCUT2D eigenvalue weighted by molar-refractivity contribution is 0.102. The Kier molecular flexibility index (Phi) is 7.71. The van der Waals surface area contributed by atoms with Crippen LogP contribution in [0.2, 0.25) is 0 Å². The van der Waals surface area contributed by atoms with Crippen molar-refractivity contribution in [3.63, 3.8) is 0 Å². The van der Waals surface area contributed by atoms with Gasteiger partial charge in [0.2, 0.25) is 0 Å². The van der Waals surface area contributed by atoms with E-state index in [0.29, 0.717) is 17.1 Å². The van der Waals surface area contributed by atoms with Crippen molar-refractivity contribution < 1.29 is 14.3 Å². The van der Waals surface area contributed by atoms with E-state index in [1.165, 1.54) is 5.56 Å². The topological polar surface area (TPSA) is 50.8 Å². The molecule has 0 bridgehead atoms. The summed E-state index contributed by atoms with van der Waals surface area (Å²) in [6, 6.07) is 11.5. The maximum atomic E-state index is 12.7. The highest BCUT2D eigenvalue weighted by Gasteiger charge is 2.16. The van der Waals surface area contributed by atoms with Gasteiger partial charge in [0, 0.05) is 15.8 Å². The summed E-state index contributed by atoms with van der Waals surface area (Å²) in [5.74, 6) is 0.971. The van der Waals surface area contributed by atoms with Crippen molar-refractivity contribution in [1.82, 2.24) is 4.90 Å². The fourth-order valence-electron chi connectivity index (χ4n) is 2.68. The SMILES string of the molecule is CCN(CC)Cc1cccc(NC(=O)c2cc(OC)c(OC)cc2I)c1. The Bertz CT molecular complexity index is 761. The number of carbonyl (C=O) groups is 1. The van der Waals surface area contributed by atoms with Crippen molar-refractivity contribution in [2.24, 2.45) is 0 Å². The molecule has 6 heteroatoms. The number of anilines is 1. The molecule has 0 radical (unpaired) electrons. The predicted octanol–water partition coefficient (Wildman–Crippen LogP) is 4.40. The van der Waals surface area contributed by atoms with E-state index in [0.717, 1.165) is 28.9 Å². The van der Waals surface area contributed by atoms with Crippen LogP contribution < -0.4 is 14.8 Å². The Morgan fingerprint density at radius 3 is 2.35 bits per heavy atom. The first-order chi connectivity index (χ1) is 12.5. The van der Waals surface area contributed by atoms with Crippen molar-refractivity contribution in [2.45, 2.75) is 20.4 Å². The molecule has 1 N–H and O–H groups in total. The van der Waals surface area contributed by atoms with E-state index in [4.69, 9.17) is 9.47 Å². The van der Waals surface area contributed by atoms with Gasteiger partial charge in [-0.3, -0.25) is 9.69 Å². The molecule has 0 aliphatic rings. The molecular formula is C20H25IN2O3. The van der Waals surface area contributed by atoms with Crippen LogP contribution in [0.4, 0.5) is 5.69 Å². The number of hydrogen-bond acceptors (Lipinski definition) is 4. The van der Waals surface area contributed by atoms with Crippen molar-refractivity contribution in [3.05, 3.63) is 51.1 Å². The average molecular weight is 468 g/mol. The fraction of sp³-hybridized carbons (Fsp3) is 0.350. The summed E-state index contributed by atoms with van der Waals surface area (Å²) in [5.41, 5.74) is 2.51. The molecule has 1 amide bonds. The molecule has 0 unspecified atom stereocenters. The maximum absolute atomic E-state index is 12.7. The summed E-state index contributed by atoms with van der Waals surface area (Å²) >= 11 is 2.13. The largest absolute Gasteiger partial charge is 0.493 e. The molecule has 0 aliphatic carbocycles. The summed E-state index contributed by atoms with van der Waals surface area (Å²) in [4.78, 5) is 15.1. The van der Waals surface area contributed by atoms with Gasteiger partial charge in [-0.2, -0.15) is 0 Å². The second-order valence-electron chi connectivity index (χ2n) is 5.80. The van der Waals surface area contributed by atoms with Gasteiger partial charge in [-0.05, 0) is 65.5 Å². The Morgan fingerprint density at radius 2 is 1.73 bits per heavy atom. The monoisotopic (exact) mass is 468 g/mol. The second kappa shape index (κ2) is 9.78. The summed E-state index contributed by atoms with van der Waals surface area (Å²) in [6.45, 7) is 7.15. The number of nitrogens with one attached hydrogen (secondary N) is 1. The molecule has 0 aromatic heterocycles. The van der Waals surface area contributed by atoms with E-state index >= 15 is 0 Å². The minimum atomic E-state index is -0.171. The highest BCUT2D eigenvalue weighted by atomic mass is 127. The number of rotatable bonds is 8. The molecule has 0 fully saturated rings. The number of amides is 1. The highest BCUT2D eigenvalue weighted by molar-refractivity contribution is 14.1. The zero-order valence-corrected chi connectivity index (χ0v) is 17.8. The van der Waals surface area contributed by atoms with Crippen LogP contribution in [0, 0.1) is 3.57 Å². The lowest BCUT2D eigenvalue weighted by Gasteiger charge is -2.18. The standard InChI is InChI=1S/C20H25IN2O3/c1-5-23(6-2)13-14-8-7-9-15(10-14)22-20(24)16-11-18(25-3)19(26-4)12-17(16)21/h7-12H,5-6,13H2,1-4H3,(H,22,24). The highest BCUT2D eigenvalue weighted by Crippen LogP contribution is 2.31.